The number of hydrogen-bond donors (Lipinski definition) is 3. The third-order valence-corrected chi connectivity index (χ3v) is 1.76. The molecule has 0 aromatic heterocycles. The Balaban J connectivity index is 3.79. The average molecular weight is 231 g/mol. The molecule has 0 aliphatic carbocycles. The van der Waals surface area contributed by atoms with E-state index in [0.29, 0.717) is 0 Å². The lowest BCUT2D eigenvalue weighted by Crippen LogP contribution is -2.44. The van der Waals surface area contributed by atoms with Gasteiger partial charge in [0.2, 0.25) is 5.91 Å². The molecule has 0 unspecified atom stereocenters. The van der Waals surface area contributed by atoms with Gasteiger partial charge in [0.05, 0.1) is 6.61 Å². The highest BCUT2D eigenvalue weighted by Crippen LogP contribution is 1.83. The van der Waals surface area contributed by atoms with E-state index in [1.165, 1.54) is 14.0 Å². The van der Waals surface area contributed by atoms with Crippen LogP contribution in [0.5, 0.6) is 0 Å². The molecule has 0 atom stereocenters. The second kappa shape index (κ2) is 7.63. The number of hydrogen-bond acceptors (Lipinski definition) is 4. The first-order valence-electron chi connectivity index (χ1n) is 4.87. The second-order valence-corrected chi connectivity index (χ2v) is 3.19. The molecule has 0 aromatic carbocycles. The molecule has 0 aliphatic heterocycles. The van der Waals surface area contributed by atoms with Crippen molar-refractivity contribution in [3.05, 3.63) is 0 Å². The number of carbonyl (C=O) groups excluding carboxylic acids is 3. The van der Waals surface area contributed by atoms with E-state index in [2.05, 4.69) is 10.6 Å². The van der Waals surface area contributed by atoms with Gasteiger partial charge in [0.1, 0.15) is 0 Å². The van der Waals surface area contributed by atoms with Crippen molar-refractivity contribution >= 4 is 17.7 Å². The lowest BCUT2D eigenvalue weighted by Gasteiger charge is -2.14. The van der Waals surface area contributed by atoms with Crippen LogP contribution >= 0.6 is 0 Å². The SMILES string of the molecule is CC(=O)NCCNC(=O)C(=O)N(C)CCO. The first kappa shape index (κ1) is 14.4. The number of nitrogens with zero attached hydrogens (tertiary/aromatic N) is 1. The summed E-state index contributed by atoms with van der Waals surface area (Å²) >= 11 is 0. The molecule has 0 bridgehead atoms. The number of aliphatic hydroxyl groups excluding tert-OH is 1. The summed E-state index contributed by atoms with van der Waals surface area (Å²) in [6.07, 6.45) is 0. The van der Waals surface area contributed by atoms with Crippen LogP contribution in [0.4, 0.5) is 0 Å². The summed E-state index contributed by atoms with van der Waals surface area (Å²) in [5.74, 6) is -1.66. The fourth-order valence-electron chi connectivity index (χ4n) is 0.915. The summed E-state index contributed by atoms with van der Waals surface area (Å²) in [6, 6.07) is 0. The van der Waals surface area contributed by atoms with Crippen LogP contribution in [0.3, 0.4) is 0 Å². The largest absolute Gasteiger partial charge is 0.395 e. The summed E-state index contributed by atoms with van der Waals surface area (Å²) in [5.41, 5.74) is 0. The molecule has 0 rings (SSSR count). The fraction of sp³-hybridized carbons (Fsp3) is 0.667. The Morgan fingerprint density at radius 1 is 1.19 bits per heavy atom. The molecule has 0 fully saturated rings. The Kier molecular flexibility index (Phi) is 6.86. The molecule has 92 valence electrons. The van der Waals surface area contributed by atoms with Gasteiger partial charge >= 0.3 is 11.8 Å². The van der Waals surface area contributed by atoms with E-state index in [1.807, 2.05) is 0 Å². The molecule has 0 aliphatic rings. The molecule has 0 heterocycles. The van der Waals surface area contributed by atoms with E-state index < -0.39 is 11.8 Å². The maximum absolute atomic E-state index is 11.3. The second-order valence-electron chi connectivity index (χ2n) is 3.19. The van der Waals surface area contributed by atoms with E-state index in [9.17, 15) is 14.4 Å². The third-order valence-electron chi connectivity index (χ3n) is 1.76. The monoisotopic (exact) mass is 231 g/mol. The van der Waals surface area contributed by atoms with Crippen LogP contribution in [-0.2, 0) is 14.4 Å². The number of carbonyl (C=O) groups is 3. The van der Waals surface area contributed by atoms with Crippen LogP contribution in [0.2, 0.25) is 0 Å². The van der Waals surface area contributed by atoms with E-state index in [1.54, 1.807) is 0 Å². The van der Waals surface area contributed by atoms with Crippen LogP contribution in [0.25, 0.3) is 0 Å². The zero-order chi connectivity index (χ0) is 12.6. The Labute approximate surface area is 93.8 Å². The Hall–Kier alpha value is -1.63. The van der Waals surface area contributed by atoms with E-state index in [0.717, 1.165) is 4.90 Å². The molecule has 0 saturated carbocycles. The summed E-state index contributed by atoms with van der Waals surface area (Å²) in [7, 11) is 1.42. The molecule has 7 nitrogen and oxygen atoms in total. The Morgan fingerprint density at radius 3 is 2.25 bits per heavy atom. The van der Waals surface area contributed by atoms with Gasteiger partial charge in [0.15, 0.2) is 0 Å². The van der Waals surface area contributed by atoms with Crippen LogP contribution in [0.15, 0.2) is 0 Å². The average Bonchev–Trinajstić information content (AvgIpc) is 2.23. The Morgan fingerprint density at radius 2 is 1.75 bits per heavy atom. The van der Waals surface area contributed by atoms with Gasteiger partial charge in [-0.3, -0.25) is 14.4 Å². The van der Waals surface area contributed by atoms with Crippen molar-refractivity contribution < 1.29 is 19.5 Å². The van der Waals surface area contributed by atoms with Gasteiger partial charge in [-0.25, -0.2) is 0 Å². The van der Waals surface area contributed by atoms with Crippen molar-refractivity contribution in [2.45, 2.75) is 6.92 Å². The highest BCUT2D eigenvalue weighted by Gasteiger charge is 2.17. The molecule has 3 N–H and O–H groups in total. The highest BCUT2D eigenvalue weighted by molar-refractivity contribution is 6.34. The topological polar surface area (TPSA) is 98.7 Å². The number of amides is 3. The number of nitrogens with one attached hydrogen (secondary N) is 2. The smallest absolute Gasteiger partial charge is 0.311 e. The highest BCUT2D eigenvalue weighted by atomic mass is 16.3. The van der Waals surface area contributed by atoms with Crippen molar-refractivity contribution in [1.82, 2.24) is 15.5 Å². The minimum absolute atomic E-state index is 0.109. The van der Waals surface area contributed by atoms with Gasteiger partial charge in [-0.1, -0.05) is 0 Å². The fourth-order valence-corrected chi connectivity index (χ4v) is 0.915. The van der Waals surface area contributed by atoms with Crippen LogP contribution < -0.4 is 10.6 Å². The first-order chi connectivity index (χ1) is 7.49. The zero-order valence-corrected chi connectivity index (χ0v) is 9.45. The van der Waals surface area contributed by atoms with Crippen molar-refractivity contribution in [1.29, 1.82) is 0 Å². The molecule has 7 heteroatoms. The summed E-state index contributed by atoms with van der Waals surface area (Å²) in [4.78, 5) is 34.1. The van der Waals surface area contributed by atoms with Crippen LogP contribution in [0, 0.1) is 0 Å². The van der Waals surface area contributed by atoms with Crippen molar-refractivity contribution in [2.24, 2.45) is 0 Å². The van der Waals surface area contributed by atoms with Gasteiger partial charge < -0.3 is 20.6 Å². The van der Waals surface area contributed by atoms with E-state index >= 15 is 0 Å². The number of aliphatic hydroxyl groups is 1. The van der Waals surface area contributed by atoms with Gasteiger partial charge in [0, 0.05) is 33.6 Å². The van der Waals surface area contributed by atoms with Crippen molar-refractivity contribution in [3.63, 3.8) is 0 Å². The summed E-state index contributed by atoms with van der Waals surface area (Å²) in [6.45, 7) is 1.75. The molecule has 0 aromatic rings. The predicted molar refractivity (Wildman–Crippen MR) is 56.4 cm³/mol. The van der Waals surface area contributed by atoms with Crippen molar-refractivity contribution in [2.75, 3.05) is 33.3 Å². The molecule has 16 heavy (non-hydrogen) atoms. The lowest BCUT2D eigenvalue weighted by atomic mass is 10.4. The van der Waals surface area contributed by atoms with Crippen LogP contribution in [-0.4, -0.2) is 61.0 Å². The van der Waals surface area contributed by atoms with Gasteiger partial charge in [-0.05, 0) is 0 Å². The molecular formula is C9H17N3O4. The third kappa shape index (κ3) is 5.97. The molecule has 0 spiro atoms. The first-order valence-corrected chi connectivity index (χ1v) is 4.87. The van der Waals surface area contributed by atoms with Crippen LogP contribution in [0.1, 0.15) is 6.92 Å². The number of likely N-dealkylation sites (N-methyl/N-ethyl adjacent to an activating group) is 1. The van der Waals surface area contributed by atoms with Gasteiger partial charge in [-0.15, -0.1) is 0 Å². The maximum Gasteiger partial charge on any atom is 0.311 e. The van der Waals surface area contributed by atoms with Gasteiger partial charge in [0.25, 0.3) is 0 Å². The molecule has 0 saturated heterocycles. The van der Waals surface area contributed by atoms with E-state index in [-0.39, 0.29) is 32.1 Å². The normalized spacial score (nSPS) is 9.44. The summed E-state index contributed by atoms with van der Waals surface area (Å²) < 4.78 is 0. The Bertz CT molecular complexity index is 267. The molecule has 3 amide bonds. The molecular weight excluding hydrogens is 214 g/mol. The lowest BCUT2D eigenvalue weighted by molar-refractivity contribution is -0.145. The van der Waals surface area contributed by atoms with Crippen molar-refractivity contribution in [3.8, 4) is 0 Å². The van der Waals surface area contributed by atoms with E-state index in [4.69, 9.17) is 5.11 Å². The quantitative estimate of drug-likeness (QED) is 0.366. The minimum atomic E-state index is -0.749. The predicted octanol–water partition coefficient (Wildman–Crippen LogP) is -2.31. The van der Waals surface area contributed by atoms with Gasteiger partial charge in [-0.2, -0.15) is 0 Å². The standard InChI is InChI=1S/C9H17N3O4/c1-7(14)10-3-4-11-8(15)9(16)12(2)5-6-13/h13H,3-6H2,1-2H3,(H,10,14)(H,11,15). The minimum Gasteiger partial charge on any atom is -0.395 e. The zero-order valence-electron chi connectivity index (χ0n) is 9.45. The number of rotatable bonds is 5. The maximum atomic E-state index is 11.3. The molecule has 0 radical (unpaired) electrons. The summed E-state index contributed by atoms with van der Waals surface area (Å²) in [5, 5.41) is 13.4.